The van der Waals surface area contributed by atoms with Crippen molar-refractivity contribution in [2.24, 2.45) is 0 Å². The number of ether oxygens (including phenoxy) is 2. The molecule has 1 N–H and O–H groups in total. The summed E-state index contributed by atoms with van der Waals surface area (Å²) in [7, 11) is 0. The number of hydrogen-bond acceptors (Lipinski definition) is 5. The highest BCUT2D eigenvalue weighted by Crippen LogP contribution is 2.52. The first-order valence-corrected chi connectivity index (χ1v) is 10.8. The summed E-state index contributed by atoms with van der Waals surface area (Å²) in [5.41, 5.74) is 3.67. The lowest BCUT2D eigenvalue weighted by atomic mass is 9.88. The maximum atomic E-state index is 13.4. The van der Waals surface area contributed by atoms with E-state index in [1.165, 1.54) is 12.1 Å². The van der Waals surface area contributed by atoms with Gasteiger partial charge in [-0.2, -0.15) is 0 Å². The Morgan fingerprint density at radius 1 is 1.00 bits per heavy atom. The lowest BCUT2D eigenvalue weighted by Crippen LogP contribution is -2.26. The highest BCUT2D eigenvalue weighted by molar-refractivity contribution is 5.94. The number of carboxylic acids is 1. The van der Waals surface area contributed by atoms with Gasteiger partial charge in [0.2, 0.25) is 0 Å². The zero-order valence-corrected chi connectivity index (χ0v) is 18.5. The number of aryl methyl sites for hydroxylation is 2. The lowest BCUT2D eigenvalue weighted by molar-refractivity contribution is -0.286. The maximum Gasteiger partial charge on any atom is 0.586 e. The number of aromatic nitrogens is 1. The molecule has 1 aliphatic heterocycles. The van der Waals surface area contributed by atoms with E-state index in [9.17, 15) is 23.5 Å². The van der Waals surface area contributed by atoms with Crippen LogP contribution in [-0.4, -0.2) is 28.1 Å². The lowest BCUT2D eigenvalue weighted by Gasteiger charge is -2.16. The smallest absolute Gasteiger partial charge is 0.478 e. The molecule has 1 fully saturated rings. The zero-order valence-electron chi connectivity index (χ0n) is 18.5. The average molecular weight is 467 g/mol. The fraction of sp³-hybridized carbons (Fsp3) is 0.269. The van der Waals surface area contributed by atoms with Gasteiger partial charge in [0.15, 0.2) is 11.5 Å². The summed E-state index contributed by atoms with van der Waals surface area (Å²) < 4.78 is 35.8. The van der Waals surface area contributed by atoms with Gasteiger partial charge in [-0.05, 0) is 73.7 Å². The topological polar surface area (TPSA) is 85.7 Å². The van der Waals surface area contributed by atoms with Gasteiger partial charge in [-0.25, -0.2) is 4.79 Å². The van der Waals surface area contributed by atoms with E-state index in [-0.39, 0.29) is 30.7 Å². The van der Waals surface area contributed by atoms with Gasteiger partial charge in [-0.1, -0.05) is 18.2 Å². The van der Waals surface area contributed by atoms with E-state index in [1.54, 1.807) is 37.3 Å². The number of rotatable bonds is 6. The van der Waals surface area contributed by atoms with Gasteiger partial charge in [-0.3, -0.25) is 9.78 Å². The predicted molar refractivity (Wildman–Crippen MR) is 120 cm³/mol. The van der Waals surface area contributed by atoms with Crippen molar-refractivity contribution in [2.45, 2.75) is 44.8 Å². The molecular formula is C26H23F2NO5. The van der Waals surface area contributed by atoms with Crippen molar-refractivity contribution in [3.8, 4) is 22.8 Å². The number of carbonyl (C=O) groups excluding carboxylic acids is 1. The minimum atomic E-state index is -3.70. The van der Waals surface area contributed by atoms with Crippen LogP contribution < -0.4 is 9.47 Å². The van der Waals surface area contributed by atoms with Crippen LogP contribution in [-0.2, 0) is 16.6 Å². The van der Waals surface area contributed by atoms with Crippen LogP contribution in [0, 0.1) is 13.8 Å². The van der Waals surface area contributed by atoms with Gasteiger partial charge in [0.25, 0.3) is 0 Å². The third kappa shape index (κ3) is 3.79. The average Bonchev–Trinajstić information content (AvgIpc) is 3.52. The Bertz CT molecular complexity index is 1350. The Morgan fingerprint density at radius 2 is 1.74 bits per heavy atom. The quantitative estimate of drug-likeness (QED) is 0.517. The monoisotopic (exact) mass is 467 g/mol. The molecule has 176 valence electrons. The van der Waals surface area contributed by atoms with Crippen LogP contribution in [0.5, 0.6) is 11.5 Å². The van der Waals surface area contributed by atoms with E-state index in [4.69, 9.17) is 4.98 Å². The summed E-state index contributed by atoms with van der Waals surface area (Å²) in [6.45, 7) is 3.63. The van der Waals surface area contributed by atoms with Crippen LogP contribution in [0.3, 0.4) is 0 Å². The van der Waals surface area contributed by atoms with Crippen LogP contribution in [0.2, 0.25) is 0 Å². The van der Waals surface area contributed by atoms with E-state index in [0.29, 0.717) is 35.4 Å². The van der Waals surface area contributed by atoms with Gasteiger partial charge >= 0.3 is 12.3 Å². The highest BCUT2D eigenvalue weighted by Gasteiger charge is 2.52. The van der Waals surface area contributed by atoms with E-state index >= 15 is 0 Å². The number of carboxylic acid groups (broad SMARTS) is 1. The number of benzene rings is 2. The van der Waals surface area contributed by atoms with Crippen LogP contribution in [0.25, 0.3) is 11.3 Å². The maximum absolute atomic E-state index is 13.4. The Kier molecular flexibility index (Phi) is 4.93. The molecule has 3 aromatic rings. The third-order valence-electron chi connectivity index (χ3n) is 6.46. The molecule has 1 aliphatic carbocycles. The van der Waals surface area contributed by atoms with E-state index in [2.05, 4.69) is 9.47 Å². The fourth-order valence-electron chi connectivity index (χ4n) is 4.44. The second-order valence-electron chi connectivity index (χ2n) is 8.81. The number of ketones is 1. The molecule has 6 nitrogen and oxygen atoms in total. The van der Waals surface area contributed by atoms with Crippen LogP contribution in [0.1, 0.15) is 47.0 Å². The SMILES string of the molecule is Cc1cc(-c2nc(CC(=O)C3(c4ccc5c(c4)OC(F)(F)O5)CC3)ccc2C)ccc1C(=O)O.[HH]. The van der Waals surface area contributed by atoms with Gasteiger partial charge in [-0.15, -0.1) is 8.78 Å². The number of halogens is 2. The van der Waals surface area contributed by atoms with Crippen molar-refractivity contribution in [1.82, 2.24) is 4.98 Å². The number of fused-ring (bicyclic) bond motifs is 1. The van der Waals surface area contributed by atoms with Gasteiger partial charge < -0.3 is 14.6 Å². The molecule has 1 aromatic heterocycles. The summed E-state index contributed by atoms with van der Waals surface area (Å²) >= 11 is 0. The molecule has 2 aliphatic rings. The van der Waals surface area contributed by atoms with Crippen molar-refractivity contribution in [3.63, 3.8) is 0 Å². The molecule has 0 bridgehead atoms. The van der Waals surface area contributed by atoms with Crippen LogP contribution in [0.15, 0.2) is 48.5 Å². The Balaban J connectivity index is 0.00000289. The summed E-state index contributed by atoms with van der Waals surface area (Å²) in [4.78, 5) is 29.3. The predicted octanol–water partition coefficient (Wildman–Crippen LogP) is 5.47. The number of Topliss-reactive ketones (excluding diaryl/α,β-unsaturated/α-hetero) is 1. The van der Waals surface area contributed by atoms with E-state index in [1.807, 2.05) is 13.0 Å². The number of nitrogens with zero attached hydrogens (tertiary/aromatic N) is 1. The highest BCUT2D eigenvalue weighted by atomic mass is 19.3. The molecule has 0 saturated heterocycles. The molecule has 0 spiro atoms. The van der Waals surface area contributed by atoms with Crippen LogP contribution in [0.4, 0.5) is 8.78 Å². The van der Waals surface area contributed by atoms with Crippen molar-refractivity contribution in [2.75, 3.05) is 0 Å². The van der Waals surface area contributed by atoms with Crippen molar-refractivity contribution in [3.05, 3.63) is 76.5 Å². The number of pyridine rings is 1. The van der Waals surface area contributed by atoms with E-state index < -0.39 is 17.7 Å². The van der Waals surface area contributed by atoms with Gasteiger partial charge in [0, 0.05) is 19.1 Å². The van der Waals surface area contributed by atoms with Crippen molar-refractivity contribution < 1.29 is 34.4 Å². The molecule has 0 unspecified atom stereocenters. The molecule has 0 radical (unpaired) electrons. The first-order valence-electron chi connectivity index (χ1n) is 10.8. The number of hydrogen-bond donors (Lipinski definition) is 1. The Hall–Kier alpha value is -3.81. The molecular weight excluding hydrogens is 444 g/mol. The molecule has 0 amide bonds. The Morgan fingerprint density at radius 3 is 2.41 bits per heavy atom. The minimum Gasteiger partial charge on any atom is -0.478 e. The van der Waals surface area contributed by atoms with E-state index in [0.717, 1.165) is 11.1 Å². The van der Waals surface area contributed by atoms with Crippen molar-refractivity contribution >= 4 is 11.8 Å². The standard InChI is InChI=1S/C26H21F2NO5.H2/c1-14-3-6-18(29-23(14)16-4-7-19(24(31)32)15(2)11-16)13-22(30)25(9-10-25)17-5-8-20-21(12-17)34-26(27,28)33-20;/h3-8,11-12H,9-10,13H2,1-2H3,(H,31,32);1H. The summed E-state index contributed by atoms with van der Waals surface area (Å²) in [5.74, 6) is -1.16. The summed E-state index contributed by atoms with van der Waals surface area (Å²) in [5, 5.41) is 9.27. The summed E-state index contributed by atoms with van der Waals surface area (Å²) in [6.07, 6.45) is -2.37. The van der Waals surface area contributed by atoms with Gasteiger partial charge in [0.1, 0.15) is 5.78 Å². The third-order valence-corrected chi connectivity index (χ3v) is 6.46. The van der Waals surface area contributed by atoms with Crippen LogP contribution >= 0.6 is 0 Å². The normalized spacial score (nSPS) is 16.8. The van der Waals surface area contributed by atoms with Crippen molar-refractivity contribution in [1.29, 1.82) is 0 Å². The first-order chi connectivity index (χ1) is 16.1. The number of carbonyl (C=O) groups is 2. The van der Waals surface area contributed by atoms with Gasteiger partial charge in [0.05, 0.1) is 16.7 Å². The second-order valence-corrected chi connectivity index (χ2v) is 8.81. The first kappa shape index (κ1) is 22.0. The fourth-order valence-corrected chi connectivity index (χ4v) is 4.44. The number of alkyl halides is 2. The molecule has 0 atom stereocenters. The molecule has 34 heavy (non-hydrogen) atoms. The minimum absolute atomic E-state index is 0. The second kappa shape index (κ2) is 7.62. The molecule has 5 rings (SSSR count). The largest absolute Gasteiger partial charge is 0.586 e. The molecule has 1 saturated carbocycles. The zero-order chi connectivity index (χ0) is 24.3. The summed E-state index contributed by atoms with van der Waals surface area (Å²) in [6, 6.07) is 13.2. The molecule has 2 aromatic carbocycles. The Labute approximate surface area is 195 Å². The number of aromatic carboxylic acids is 1. The molecule has 8 heteroatoms. The molecule has 2 heterocycles.